The average Bonchev–Trinajstić information content (AvgIpc) is 2.85. The van der Waals surface area contributed by atoms with Gasteiger partial charge in [0.25, 0.3) is 0 Å². The van der Waals surface area contributed by atoms with Crippen LogP contribution in [0.15, 0.2) is 11.6 Å². The van der Waals surface area contributed by atoms with Gasteiger partial charge in [-0.2, -0.15) is 0 Å². The first kappa shape index (κ1) is 15.9. The number of hydrogen-bond donors (Lipinski definition) is 1. The Hall–Kier alpha value is -0.630. The minimum atomic E-state index is -0.117. The normalized spacial score (nSPS) is 52.2. The molecule has 2 nitrogen and oxygen atoms in total. The van der Waals surface area contributed by atoms with Gasteiger partial charge in [0.05, 0.1) is 6.10 Å². The molecular weight excluding hydrogens is 284 g/mol. The van der Waals surface area contributed by atoms with Crippen LogP contribution < -0.4 is 0 Å². The summed E-state index contributed by atoms with van der Waals surface area (Å²) in [7, 11) is 0. The number of fused-ring (bicyclic) bond motifs is 5. The molecule has 0 aromatic rings. The van der Waals surface area contributed by atoms with Gasteiger partial charge in [-0.05, 0) is 86.9 Å². The summed E-state index contributed by atoms with van der Waals surface area (Å²) in [4.78, 5) is 12.2. The molecule has 0 aromatic heterocycles. The summed E-state index contributed by atoms with van der Waals surface area (Å²) in [5, 5.41) is 10.1. The highest BCUT2D eigenvalue weighted by atomic mass is 16.3. The molecule has 2 heteroatoms. The molecule has 7 atom stereocenters. The number of rotatable bonds is 1. The average molecular weight is 316 g/mol. The molecule has 3 fully saturated rings. The fourth-order valence-corrected chi connectivity index (χ4v) is 7.31. The Bertz CT molecular complexity index is 550. The van der Waals surface area contributed by atoms with Crippen LogP contribution in [0.1, 0.15) is 72.1 Å². The largest absolute Gasteiger partial charge is 0.393 e. The molecule has 1 N–H and O–H groups in total. The van der Waals surface area contributed by atoms with Crippen LogP contribution in [0.3, 0.4) is 0 Å². The van der Waals surface area contributed by atoms with E-state index < -0.39 is 0 Å². The smallest absolute Gasteiger partial charge is 0.133 e. The van der Waals surface area contributed by atoms with E-state index in [-0.39, 0.29) is 11.5 Å². The van der Waals surface area contributed by atoms with Crippen molar-refractivity contribution >= 4 is 5.78 Å². The van der Waals surface area contributed by atoms with Gasteiger partial charge in [-0.1, -0.05) is 25.5 Å². The number of hydrogen-bond acceptors (Lipinski definition) is 2. The van der Waals surface area contributed by atoms with Crippen LogP contribution in [0.2, 0.25) is 0 Å². The Morgan fingerprint density at radius 2 is 1.91 bits per heavy atom. The van der Waals surface area contributed by atoms with Gasteiger partial charge in [0.15, 0.2) is 0 Å². The molecule has 0 aliphatic heterocycles. The minimum absolute atomic E-state index is 0.117. The van der Waals surface area contributed by atoms with Crippen LogP contribution >= 0.6 is 0 Å². The van der Waals surface area contributed by atoms with E-state index >= 15 is 0 Å². The molecule has 0 saturated heterocycles. The molecule has 0 spiro atoms. The number of aliphatic hydroxyl groups is 1. The van der Waals surface area contributed by atoms with Gasteiger partial charge in [-0.25, -0.2) is 0 Å². The van der Waals surface area contributed by atoms with Crippen LogP contribution in [0.5, 0.6) is 0 Å². The predicted molar refractivity (Wildman–Crippen MR) is 91.9 cm³/mol. The number of aliphatic hydroxyl groups excluding tert-OH is 1. The Balaban J connectivity index is 1.66. The fourth-order valence-electron chi connectivity index (χ4n) is 7.31. The van der Waals surface area contributed by atoms with Crippen molar-refractivity contribution in [2.24, 2.45) is 34.5 Å². The lowest BCUT2D eigenvalue weighted by molar-refractivity contribution is -0.127. The predicted octanol–water partition coefficient (Wildman–Crippen LogP) is 4.52. The van der Waals surface area contributed by atoms with Gasteiger partial charge in [0.2, 0.25) is 0 Å². The van der Waals surface area contributed by atoms with Gasteiger partial charge in [0.1, 0.15) is 5.78 Å². The molecule has 0 aromatic carbocycles. The Labute approximate surface area is 140 Å². The van der Waals surface area contributed by atoms with E-state index in [1.54, 1.807) is 5.57 Å². The van der Waals surface area contributed by atoms with E-state index in [1.807, 2.05) is 6.92 Å². The Kier molecular flexibility index (Phi) is 3.58. The van der Waals surface area contributed by atoms with E-state index in [2.05, 4.69) is 19.9 Å². The Morgan fingerprint density at radius 1 is 1.13 bits per heavy atom. The van der Waals surface area contributed by atoms with Crippen molar-refractivity contribution in [3.05, 3.63) is 11.6 Å². The van der Waals surface area contributed by atoms with E-state index in [0.717, 1.165) is 43.4 Å². The summed E-state index contributed by atoms with van der Waals surface area (Å²) in [6.45, 7) is 6.70. The van der Waals surface area contributed by atoms with Crippen molar-refractivity contribution in [2.45, 2.75) is 78.2 Å². The topological polar surface area (TPSA) is 37.3 Å². The fraction of sp³-hybridized carbons (Fsp3) is 0.857. The third-order valence-corrected chi connectivity index (χ3v) is 8.57. The van der Waals surface area contributed by atoms with Gasteiger partial charge in [0, 0.05) is 5.92 Å². The molecule has 4 aliphatic carbocycles. The number of carbonyl (C=O) groups excluding carboxylic acids is 1. The first-order valence-electron chi connectivity index (χ1n) is 9.74. The van der Waals surface area contributed by atoms with E-state index in [1.165, 1.54) is 25.7 Å². The van der Waals surface area contributed by atoms with E-state index in [9.17, 15) is 9.90 Å². The first-order chi connectivity index (χ1) is 10.9. The molecule has 23 heavy (non-hydrogen) atoms. The maximum Gasteiger partial charge on any atom is 0.133 e. The second kappa shape index (κ2) is 5.18. The van der Waals surface area contributed by atoms with Gasteiger partial charge in [-0.15, -0.1) is 0 Å². The van der Waals surface area contributed by atoms with Crippen molar-refractivity contribution in [1.82, 2.24) is 0 Å². The van der Waals surface area contributed by atoms with Crippen molar-refractivity contribution in [3.8, 4) is 0 Å². The van der Waals surface area contributed by atoms with E-state index in [4.69, 9.17) is 0 Å². The van der Waals surface area contributed by atoms with Crippen molar-refractivity contribution in [3.63, 3.8) is 0 Å². The summed E-state index contributed by atoms with van der Waals surface area (Å²) >= 11 is 0. The molecule has 4 rings (SSSR count). The zero-order chi connectivity index (χ0) is 16.4. The molecule has 4 aliphatic rings. The molecule has 0 heterocycles. The lowest BCUT2D eigenvalue weighted by Crippen LogP contribution is -2.50. The minimum Gasteiger partial charge on any atom is -0.393 e. The monoisotopic (exact) mass is 316 g/mol. The van der Waals surface area contributed by atoms with Crippen LogP contribution in [0.4, 0.5) is 0 Å². The first-order valence-corrected chi connectivity index (χ1v) is 9.74. The highest BCUT2D eigenvalue weighted by Gasteiger charge is 2.59. The zero-order valence-corrected chi connectivity index (χ0v) is 15.0. The highest BCUT2D eigenvalue weighted by molar-refractivity contribution is 5.79. The number of Topliss-reactive ketones (excluding diaryl/α,β-unsaturated/α-hetero) is 1. The van der Waals surface area contributed by atoms with Gasteiger partial charge >= 0.3 is 0 Å². The molecule has 3 saturated carbocycles. The van der Waals surface area contributed by atoms with Crippen molar-refractivity contribution in [2.75, 3.05) is 0 Å². The SMILES string of the molecule is CC(=O)C1CCC2C3CC=C4CC(O)CC[C@@]4(C)C3CC[C@]12C. The van der Waals surface area contributed by atoms with Crippen molar-refractivity contribution in [1.29, 1.82) is 0 Å². The van der Waals surface area contributed by atoms with E-state index in [0.29, 0.717) is 17.1 Å². The maximum atomic E-state index is 12.2. The molecule has 128 valence electrons. The van der Waals surface area contributed by atoms with Gasteiger partial charge in [-0.3, -0.25) is 4.79 Å². The second-order valence-electron chi connectivity index (χ2n) is 9.44. The maximum absolute atomic E-state index is 12.2. The summed E-state index contributed by atoms with van der Waals surface area (Å²) in [5.74, 6) is 3.00. The number of carbonyl (C=O) groups is 1. The Morgan fingerprint density at radius 3 is 2.65 bits per heavy atom. The molecule has 0 amide bonds. The third-order valence-electron chi connectivity index (χ3n) is 8.57. The van der Waals surface area contributed by atoms with Crippen LogP contribution in [-0.4, -0.2) is 17.0 Å². The van der Waals surface area contributed by atoms with Crippen LogP contribution in [0, 0.1) is 34.5 Å². The molecule has 5 unspecified atom stereocenters. The summed E-state index contributed by atoms with van der Waals surface area (Å²) in [6.07, 6.45) is 11.5. The van der Waals surface area contributed by atoms with Gasteiger partial charge < -0.3 is 5.11 Å². The molecular formula is C21H32O2. The summed E-state index contributed by atoms with van der Waals surface area (Å²) in [5.41, 5.74) is 2.11. The molecule has 0 bridgehead atoms. The molecule has 0 radical (unpaired) electrons. The lowest BCUT2D eigenvalue weighted by atomic mass is 9.47. The second-order valence-corrected chi connectivity index (χ2v) is 9.44. The highest BCUT2D eigenvalue weighted by Crippen LogP contribution is 2.66. The van der Waals surface area contributed by atoms with Crippen LogP contribution in [-0.2, 0) is 4.79 Å². The zero-order valence-electron chi connectivity index (χ0n) is 15.0. The standard InChI is InChI=1S/C21H32O2/c1-13(22)17-6-7-18-16-5-4-14-12-15(23)8-10-20(14,2)19(16)9-11-21(17,18)3/h4,15-19,23H,5-12H2,1-3H3/t15?,16?,17?,18?,19?,20-,21-/m1/s1. The van der Waals surface area contributed by atoms with Crippen LogP contribution in [0.25, 0.3) is 0 Å². The summed E-state index contributed by atoms with van der Waals surface area (Å²) < 4.78 is 0. The quantitative estimate of drug-likeness (QED) is 0.722. The number of allylic oxidation sites excluding steroid dienone is 1. The summed E-state index contributed by atoms with van der Waals surface area (Å²) in [6, 6.07) is 0. The third kappa shape index (κ3) is 2.13. The number of ketones is 1. The lowest BCUT2D eigenvalue weighted by Gasteiger charge is -2.57. The van der Waals surface area contributed by atoms with Crippen molar-refractivity contribution < 1.29 is 9.90 Å².